The summed E-state index contributed by atoms with van der Waals surface area (Å²) in [6.45, 7) is 0.278. The Bertz CT molecular complexity index is 402. The SMILES string of the molecule is Nc1cnccc1N1CC(=O)NC(=O)C1. The second kappa shape index (κ2) is 3.56. The van der Waals surface area contributed by atoms with E-state index in [0.29, 0.717) is 11.4 Å². The molecule has 1 aromatic rings. The van der Waals surface area contributed by atoms with E-state index < -0.39 is 0 Å². The molecule has 1 saturated heterocycles. The van der Waals surface area contributed by atoms with Crippen molar-refractivity contribution < 1.29 is 9.59 Å². The molecule has 1 aromatic heterocycles. The van der Waals surface area contributed by atoms with E-state index in [1.54, 1.807) is 17.2 Å². The standard InChI is InChI=1S/C9H10N4O2/c10-6-3-11-2-1-7(6)13-4-8(14)12-9(15)5-13/h1-3H,4-5,10H2,(H,12,14,15). The molecule has 1 aliphatic heterocycles. The highest BCUT2D eigenvalue weighted by atomic mass is 16.2. The van der Waals surface area contributed by atoms with Gasteiger partial charge in [-0.3, -0.25) is 19.9 Å². The molecule has 0 aromatic carbocycles. The van der Waals surface area contributed by atoms with Gasteiger partial charge in [0.2, 0.25) is 11.8 Å². The number of nitrogens with one attached hydrogen (secondary N) is 1. The molecule has 78 valence electrons. The van der Waals surface area contributed by atoms with Crippen LogP contribution in [0.4, 0.5) is 11.4 Å². The number of aromatic nitrogens is 1. The molecule has 15 heavy (non-hydrogen) atoms. The van der Waals surface area contributed by atoms with Crippen LogP contribution >= 0.6 is 0 Å². The molecule has 0 bridgehead atoms. The smallest absolute Gasteiger partial charge is 0.246 e. The van der Waals surface area contributed by atoms with Gasteiger partial charge in [0.25, 0.3) is 0 Å². The van der Waals surface area contributed by atoms with E-state index in [4.69, 9.17) is 5.73 Å². The minimum atomic E-state index is -0.317. The van der Waals surface area contributed by atoms with Crippen molar-refractivity contribution in [3.8, 4) is 0 Å². The summed E-state index contributed by atoms with van der Waals surface area (Å²) in [5, 5.41) is 2.22. The highest BCUT2D eigenvalue weighted by Crippen LogP contribution is 2.21. The molecule has 3 N–H and O–H groups in total. The predicted molar refractivity (Wildman–Crippen MR) is 54.0 cm³/mol. The van der Waals surface area contributed by atoms with Crippen LogP contribution in [0.1, 0.15) is 0 Å². The maximum Gasteiger partial charge on any atom is 0.246 e. The van der Waals surface area contributed by atoms with E-state index in [2.05, 4.69) is 10.3 Å². The Morgan fingerprint density at radius 1 is 1.33 bits per heavy atom. The molecule has 1 aliphatic rings. The first kappa shape index (κ1) is 9.45. The van der Waals surface area contributed by atoms with E-state index in [0.717, 1.165) is 0 Å². The maximum absolute atomic E-state index is 11.1. The fourth-order valence-electron chi connectivity index (χ4n) is 1.49. The van der Waals surface area contributed by atoms with Crippen LogP contribution in [0, 0.1) is 0 Å². The van der Waals surface area contributed by atoms with Crippen molar-refractivity contribution in [2.24, 2.45) is 0 Å². The van der Waals surface area contributed by atoms with Crippen LogP contribution in [0.3, 0.4) is 0 Å². The number of hydrogen-bond acceptors (Lipinski definition) is 5. The Morgan fingerprint density at radius 3 is 2.60 bits per heavy atom. The highest BCUT2D eigenvalue weighted by molar-refractivity contribution is 6.03. The van der Waals surface area contributed by atoms with Crippen molar-refractivity contribution in [1.82, 2.24) is 10.3 Å². The molecule has 6 heteroatoms. The lowest BCUT2D eigenvalue weighted by atomic mass is 10.2. The lowest BCUT2D eigenvalue weighted by molar-refractivity contribution is -0.130. The predicted octanol–water partition coefficient (Wildman–Crippen LogP) is -0.873. The van der Waals surface area contributed by atoms with Gasteiger partial charge in [0, 0.05) is 6.20 Å². The summed E-state index contributed by atoms with van der Waals surface area (Å²) in [6.07, 6.45) is 3.06. The molecule has 2 amide bonds. The highest BCUT2D eigenvalue weighted by Gasteiger charge is 2.23. The van der Waals surface area contributed by atoms with Crippen molar-refractivity contribution >= 4 is 23.2 Å². The fraction of sp³-hybridized carbons (Fsp3) is 0.222. The number of pyridine rings is 1. The summed E-state index contributed by atoms with van der Waals surface area (Å²) in [6, 6.07) is 1.68. The second-order valence-electron chi connectivity index (χ2n) is 3.26. The number of hydrogen-bond donors (Lipinski definition) is 2. The number of nitrogens with zero attached hydrogens (tertiary/aromatic N) is 2. The van der Waals surface area contributed by atoms with Crippen molar-refractivity contribution in [3.05, 3.63) is 18.5 Å². The average molecular weight is 206 g/mol. The van der Waals surface area contributed by atoms with Gasteiger partial charge in [0.05, 0.1) is 30.7 Å². The molecule has 0 unspecified atom stereocenters. The van der Waals surface area contributed by atoms with Crippen molar-refractivity contribution in [3.63, 3.8) is 0 Å². The first-order valence-corrected chi connectivity index (χ1v) is 4.44. The zero-order valence-corrected chi connectivity index (χ0v) is 7.93. The number of piperazine rings is 1. The summed E-state index contributed by atoms with van der Waals surface area (Å²) in [5.41, 5.74) is 6.81. The molecule has 0 atom stereocenters. The number of nitrogens with two attached hydrogens (primary N) is 1. The van der Waals surface area contributed by atoms with Crippen LogP contribution in [-0.4, -0.2) is 29.9 Å². The number of anilines is 2. The lowest BCUT2D eigenvalue weighted by Gasteiger charge is -2.27. The summed E-state index contributed by atoms with van der Waals surface area (Å²) in [7, 11) is 0. The molecular weight excluding hydrogens is 196 g/mol. The molecule has 0 aliphatic carbocycles. The van der Waals surface area contributed by atoms with Gasteiger partial charge in [0.1, 0.15) is 0 Å². The van der Waals surface area contributed by atoms with Gasteiger partial charge in [-0.15, -0.1) is 0 Å². The van der Waals surface area contributed by atoms with Crippen LogP contribution in [0.15, 0.2) is 18.5 Å². The fourth-order valence-corrected chi connectivity index (χ4v) is 1.49. The zero-order valence-electron chi connectivity index (χ0n) is 7.93. The summed E-state index contributed by atoms with van der Waals surface area (Å²) in [4.78, 5) is 27.7. The van der Waals surface area contributed by atoms with E-state index in [1.807, 2.05) is 0 Å². The van der Waals surface area contributed by atoms with Gasteiger partial charge in [-0.1, -0.05) is 0 Å². The normalized spacial score (nSPS) is 16.4. The largest absolute Gasteiger partial charge is 0.396 e. The number of imide groups is 1. The van der Waals surface area contributed by atoms with E-state index in [1.165, 1.54) is 6.20 Å². The minimum absolute atomic E-state index is 0.139. The van der Waals surface area contributed by atoms with Crippen LogP contribution < -0.4 is 16.0 Å². The number of carbonyl (C=O) groups excluding carboxylic acids is 2. The number of carbonyl (C=O) groups is 2. The van der Waals surface area contributed by atoms with Gasteiger partial charge in [-0.2, -0.15) is 0 Å². The first-order chi connectivity index (χ1) is 7.16. The Kier molecular flexibility index (Phi) is 2.24. The second-order valence-corrected chi connectivity index (χ2v) is 3.26. The van der Waals surface area contributed by atoms with Crippen LogP contribution in [0.5, 0.6) is 0 Å². The van der Waals surface area contributed by atoms with Crippen molar-refractivity contribution in [2.75, 3.05) is 23.7 Å². The Balaban J connectivity index is 2.27. The van der Waals surface area contributed by atoms with Crippen LogP contribution in [0.2, 0.25) is 0 Å². The van der Waals surface area contributed by atoms with Gasteiger partial charge >= 0.3 is 0 Å². The van der Waals surface area contributed by atoms with Crippen molar-refractivity contribution in [1.29, 1.82) is 0 Å². The Hall–Kier alpha value is -2.11. The summed E-state index contributed by atoms with van der Waals surface area (Å²) >= 11 is 0. The molecular formula is C9H10N4O2. The number of rotatable bonds is 1. The third-order valence-corrected chi connectivity index (χ3v) is 2.12. The van der Waals surface area contributed by atoms with E-state index in [9.17, 15) is 9.59 Å². The van der Waals surface area contributed by atoms with E-state index in [-0.39, 0.29) is 24.9 Å². The number of nitrogen functional groups attached to an aromatic ring is 1. The van der Waals surface area contributed by atoms with Gasteiger partial charge in [0.15, 0.2) is 0 Å². The lowest BCUT2D eigenvalue weighted by Crippen LogP contribution is -2.51. The molecule has 0 spiro atoms. The molecule has 1 fully saturated rings. The zero-order chi connectivity index (χ0) is 10.8. The third-order valence-electron chi connectivity index (χ3n) is 2.12. The molecule has 2 rings (SSSR count). The summed E-state index contributed by atoms with van der Waals surface area (Å²) in [5.74, 6) is -0.634. The number of amides is 2. The maximum atomic E-state index is 11.1. The molecule has 6 nitrogen and oxygen atoms in total. The average Bonchev–Trinajstić information content (AvgIpc) is 2.16. The molecule has 0 radical (unpaired) electrons. The minimum Gasteiger partial charge on any atom is -0.396 e. The van der Waals surface area contributed by atoms with Crippen LogP contribution in [0.25, 0.3) is 0 Å². The topological polar surface area (TPSA) is 88.3 Å². The monoisotopic (exact) mass is 206 g/mol. The Morgan fingerprint density at radius 2 is 2.00 bits per heavy atom. The third kappa shape index (κ3) is 1.88. The molecule has 2 heterocycles. The van der Waals surface area contributed by atoms with Gasteiger partial charge in [-0.25, -0.2) is 0 Å². The quantitative estimate of drug-likeness (QED) is 0.583. The summed E-state index contributed by atoms with van der Waals surface area (Å²) < 4.78 is 0. The van der Waals surface area contributed by atoms with Gasteiger partial charge in [-0.05, 0) is 6.07 Å². The Labute approximate surface area is 86.1 Å². The first-order valence-electron chi connectivity index (χ1n) is 4.44. The van der Waals surface area contributed by atoms with E-state index >= 15 is 0 Å². The van der Waals surface area contributed by atoms with Gasteiger partial charge < -0.3 is 10.6 Å². The molecule has 0 saturated carbocycles. The van der Waals surface area contributed by atoms with Crippen LogP contribution in [-0.2, 0) is 9.59 Å². The van der Waals surface area contributed by atoms with Crippen molar-refractivity contribution in [2.45, 2.75) is 0 Å².